The van der Waals surface area contributed by atoms with Crippen LogP contribution in [-0.4, -0.2) is 42.6 Å². The average molecular weight is 489 g/mol. The van der Waals surface area contributed by atoms with E-state index < -0.39 is 11.6 Å². The Balaban J connectivity index is 1.93. The number of thioether (sulfide) groups is 1. The first-order valence-corrected chi connectivity index (χ1v) is 11.4. The van der Waals surface area contributed by atoms with Crippen molar-refractivity contribution in [2.45, 2.75) is 26.4 Å². The first kappa shape index (κ1) is 24.7. The molecule has 0 bridgehead atoms. The highest BCUT2D eigenvalue weighted by molar-refractivity contribution is 8.14. The lowest BCUT2D eigenvalue weighted by atomic mass is 10.2. The van der Waals surface area contributed by atoms with E-state index in [9.17, 15) is 9.59 Å². The summed E-state index contributed by atoms with van der Waals surface area (Å²) in [4.78, 5) is 31.5. The molecule has 0 atom stereocenters. The Hall–Kier alpha value is -2.97. The number of halogens is 1. The summed E-state index contributed by atoms with van der Waals surface area (Å²) in [6.07, 6.45) is 1.68. The zero-order valence-electron chi connectivity index (χ0n) is 19.0. The third-order valence-corrected chi connectivity index (χ3v) is 5.61. The number of esters is 1. The van der Waals surface area contributed by atoms with Crippen LogP contribution < -0.4 is 14.4 Å². The number of ether oxygens (including phenoxy) is 3. The van der Waals surface area contributed by atoms with Crippen molar-refractivity contribution in [3.63, 3.8) is 0 Å². The van der Waals surface area contributed by atoms with Crippen molar-refractivity contribution < 1.29 is 23.8 Å². The van der Waals surface area contributed by atoms with Gasteiger partial charge >= 0.3 is 5.97 Å². The Labute approximate surface area is 202 Å². The largest absolute Gasteiger partial charge is 0.497 e. The van der Waals surface area contributed by atoms with Gasteiger partial charge in [-0.15, -0.1) is 0 Å². The van der Waals surface area contributed by atoms with E-state index in [0.717, 1.165) is 17.3 Å². The normalized spacial score (nSPS) is 15.0. The zero-order valence-corrected chi connectivity index (χ0v) is 20.6. The van der Waals surface area contributed by atoms with Crippen molar-refractivity contribution in [2.24, 2.45) is 4.99 Å². The second kappa shape index (κ2) is 10.3. The van der Waals surface area contributed by atoms with E-state index in [-0.39, 0.29) is 17.4 Å². The van der Waals surface area contributed by atoms with Crippen molar-refractivity contribution in [3.8, 4) is 11.5 Å². The van der Waals surface area contributed by atoms with Crippen molar-refractivity contribution in [1.29, 1.82) is 0 Å². The van der Waals surface area contributed by atoms with E-state index in [2.05, 4.69) is 4.99 Å². The number of amidine groups is 1. The number of benzene rings is 2. The van der Waals surface area contributed by atoms with Crippen LogP contribution in [0.2, 0.25) is 5.02 Å². The number of amides is 1. The van der Waals surface area contributed by atoms with E-state index in [1.807, 2.05) is 12.1 Å². The maximum absolute atomic E-state index is 13.3. The summed E-state index contributed by atoms with van der Waals surface area (Å²) >= 11 is 7.28. The molecular formula is C24H25ClN2O5S. The van der Waals surface area contributed by atoms with Gasteiger partial charge in [-0.3, -0.25) is 14.5 Å². The fourth-order valence-corrected chi connectivity index (χ4v) is 3.94. The lowest BCUT2D eigenvalue weighted by Gasteiger charge is -2.21. The van der Waals surface area contributed by atoms with Crippen molar-refractivity contribution >= 4 is 52.2 Å². The molecule has 0 fully saturated rings. The van der Waals surface area contributed by atoms with E-state index in [1.54, 1.807) is 64.3 Å². The molecule has 3 rings (SSSR count). The molecule has 0 radical (unpaired) electrons. The van der Waals surface area contributed by atoms with Gasteiger partial charge in [-0.2, -0.15) is 0 Å². The van der Waals surface area contributed by atoms with Crippen LogP contribution in [0.15, 0.2) is 53.2 Å². The standard InChI is InChI=1S/C24H25ClN2O5S/c1-24(2,3)32-21(28)14-33-23-26-19(12-15-6-9-17(30-4)10-7-15)22(29)27(23)16-8-11-18(25)20(13-16)31-5/h6-13H,14H2,1-5H3/b19-12-. The van der Waals surface area contributed by atoms with Gasteiger partial charge in [0.1, 0.15) is 22.8 Å². The quantitative estimate of drug-likeness (QED) is 0.412. The number of hydrogen-bond donors (Lipinski definition) is 0. The number of anilines is 1. The van der Waals surface area contributed by atoms with Gasteiger partial charge in [-0.1, -0.05) is 35.5 Å². The summed E-state index contributed by atoms with van der Waals surface area (Å²) in [6, 6.07) is 12.3. The third-order valence-electron chi connectivity index (χ3n) is 4.38. The molecule has 7 nitrogen and oxygen atoms in total. The lowest BCUT2D eigenvalue weighted by molar-refractivity contribution is -0.151. The number of hydrogen-bond acceptors (Lipinski definition) is 7. The minimum Gasteiger partial charge on any atom is -0.497 e. The number of aliphatic imine (C=N–C) groups is 1. The molecule has 9 heteroatoms. The first-order chi connectivity index (χ1) is 15.6. The van der Waals surface area contributed by atoms with Crippen molar-refractivity contribution in [3.05, 3.63) is 58.7 Å². The molecule has 0 saturated heterocycles. The Bertz CT molecular complexity index is 1110. The smallest absolute Gasteiger partial charge is 0.316 e. The van der Waals surface area contributed by atoms with E-state index in [4.69, 9.17) is 25.8 Å². The first-order valence-electron chi connectivity index (χ1n) is 10.1. The molecule has 0 aliphatic carbocycles. The Morgan fingerprint density at radius 3 is 2.42 bits per heavy atom. The monoisotopic (exact) mass is 488 g/mol. The minimum atomic E-state index is -0.604. The van der Waals surface area contributed by atoms with Crippen molar-refractivity contribution in [2.75, 3.05) is 24.9 Å². The highest BCUT2D eigenvalue weighted by Gasteiger charge is 2.33. The predicted octanol–water partition coefficient (Wildman–Crippen LogP) is 5.18. The molecule has 0 aromatic heterocycles. The van der Waals surface area contributed by atoms with Gasteiger partial charge in [0, 0.05) is 6.07 Å². The van der Waals surface area contributed by atoms with Crippen LogP contribution in [0, 0.1) is 0 Å². The molecule has 1 amide bonds. The molecule has 0 spiro atoms. The molecule has 1 heterocycles. The number of methoxy groups -OCH3 is 2. The van der Waals surface area contributed by atoms with Crippen LogP contribution in [-0.2, 0) is 14.3 Å². The van der Waals surface area contributed by atoms with E-state index in [1.165, 1.54) is 12.0 Å². The Morgan fingerprint density at radius 2 is 1.82 bits per heavy atom. The van der Waals surface area contributed by atoms with E-state index >= 15 is 0 Å². The van der Waals surface area contributed by atoms with Crippen LogP contribution in [0.5, 0.6) is 11.5 Å². The average Bonchev–Trinajstić information content (AvgIpc) is 3.07. The number of rotatable bonds is 6. The fraction of sp³-hybridized carbons (Fsp3) is 0.292. The second-order valence-corrected chi connectivity index (χ2v) is 9.38. The van der Waals surface area contributed by atoms with Gasteiger partial charge in [-0.25, -0.2) is 4.99 Å². The van der Waals surface area contributed by atoms with E-state index in [0.29, 0.717) is 27.4 Å². The van der Waals surface area contributed by atoms with Crippen LogP contribution in [0.1, 0.15) is 26.3 Å². The zero-order chi connectivity index (χ0) is 24.2. The summed E-state index contributed by atoms with van der Waals surface area (Å²) in [5.74, 6) is 0.402. The summed E-state index contributed by atoms with van der Waals surface area (Å²) < 4.78 is 15.9. The number of nitrogens with zero attached hydrogens (tertiary/aromatic N) is 2. The van der Waals surface area contributed by atoms with Gasteiger partial charge < -0.3 is 14.2 Å². The number of carbonyl (C=O) groups excluding carboxylic acids is 2. The van der Waals surface area contributed by atoms with Gasteiger partial charge in [0.05, 0.1) is 30.7 Å². The summed E-state index contributed by atoms with van der Waals surface area (Å²) in [5.41, 5.74) is 0.943. The molecule has 1 aliphatic heterocycles. The molecular weight excluding hydrogens is 464 g/mol. The van der Waals surface area contributed by atoms with Crippen LogP contribution >= 0.6 is 23.4 Å². The van der Waals surface area contributed by atoms with Gasteiger partial charge in [0.15, 0.2) is 5.17 Å². The third kappa shape index (κ3) is 6.30. The van der Waals surface area contributed by atoms with Gasteiger partial charge in [0.25, 0.3) is 5.91 Å². The predicted molar refractivity (Wildman–Crippen MR) is 132 cm³/mol. The number of carbonyl (C=O) groups is 2. The molecule has 174 valence electrons. The Kier molecular flexibility index (Phi) is 7.71. The van der Waals surface area contributed by atoms with Gasteiger partial charge in [0.2, 0.25) is 0 Å². The molecule has 0 saturated carbocycles. The highest BCUT2D eigenvalue weighted by Crippen LogP contribution is 2.34. The maximum Gasteiger partial charge on any atom is 0.316 e. The summed E-state index contributed by atoms with van der Waals surface area (Å²) in [6.45, 7) is 5.40. The van der Waals surface area contributed by atoms with Gasteiger partial charge in [-0.05, 0) is 56.7 Å². The molecule has 1 aliphatic rings. The summed E-state index contributed by atoms with van der Waals surface area (Å²) in [5, 5.41) is 0.775. The molecule has 2 aromatic rings. The highest BCUT2D eigenvalue weighted by atomic mass is 35.5. The fourth-order valence-electron chi connectivity index (χ4n) is 2.96. The second-order valence-electron chi connectivity index (χ2n) is 8.03. The SMILES string of the molecule is COc1ccc(/C=C2\N=C(SCC(=O)OC(C)(C)C)N(c3ccc(Cl)c(OC)c3)C2=O)cc1. The lowest BCUT2D eigenvalue weighted by Crippen LogP contribution is -2.31. The maximum atomic E-state index is 13.3. The molecule has 0 unspecified atom stereocenters. The molecule has 33 heavy (non-hydrogen) atoms. The van der Waals surface area contributed by atoms with Crippen LogP contribution in [0.4, 0.5) is 5.69 Å². The molecule has 2 aromatic carbocycles. The topological polar surface area (TPSA) is 77.4 Å². The molecule has 0 N–H and O–H groups in total. The summed E-state index contributed by atoms with van der Waals surface area (Å²) in [7, 11) is 3.09. The van der Waals surface area contributed by atoms with Crippen LogP contribution in [0.25, 0.3) is 6.08 Å². The Morgan fingerprint density at radius 1 is 1.12 bits per heavy atom. The van der Waals surface area contributed by atoms with Crippen LogP contribution in [0.3, 0.4) is 0 Å². The van der Waals surface area contributed by atoms with Crippen molar-refractivity contribution in [1.82, 2.24) is 0 Å². The minimum absolute atomic E-state index is 0.000420.